The zero-order valence-corrected chi connectivity index (χ0v) is 15.1. The number of imidazole rings is 1. The van der Waals surface area contributed by atoms with E-state index in [-0.39, 0.29) is 11.9 Å². The monoisotopic (exact) mass is 349 g/mol. The summed E-state index contributed by atoms with van der Waals surface area (Å²) < 4.78 is 0. The zero-order valence-electron chi connectivity index (χ0n) is 15.1. The number of hydrogen-bond donors (Lipinski definition) is 1. The van der Waals surface area contributed by atoms with Crippen molar-refractivity contribution in [3.63, 3.8) is 0 Å². The van der Waals surface area contributed by atoms with E-state index in [0.717, 1.165) is 48.2 Å². The number of carbonyl (C=O) groups is 1. The molecule has 3 heterocycles. The van der Waals surface area contributed by atoms with E-state index in [1.54, 1.807) is 6.20 Å². The van der Waals surface area contributed by atoms with Gasteiger partial charge in [0.05, 0.1) is 11.6 Å². The van der Waals surface area contributed by atoms with Gasteiger partial charge in [-0.25, -0.2) is 9.97 Å². The Kier molecular flexibility index (Phi) is 4.32. The molecule has 26 heavy (non-hydrogen) atoms. The van der Waals surface area contributed by atoms with Gasteiger partial charge in [0, 0.05) is 44.1 Å². The number of aromatic amines is 1. The van der Waals surface area contributed by atoms with Gasteiger partial charge in [-0.2, -0.15) is 0 Å². The van der Waals surface area contributed by atoms with Crippen LogP contribution in [0.15, 0.2) is 42.7 Å². The second kappa shape index (κ2) is 6.78. The fourth-order valence-corrected chi connectivity index (χ4v) is 3.70. The van der Waals surface area contributed by atoms with E-state index in [1.165, 1.54) is 0 Å². The van der Waals surface area contributed by atoms with E-state index < -0.39 is 0 Å². The molecule has 2 aromatic heterocycles. The van der Waals surface area contributed by atoms with Gasteiger partial charge >= 0.3 is 0 Å². The second-order valence-electron chi connectivity index (χ2n) is 6.92. The van der Waals surface area contributed by atoms with E-state index in [4.69, 9.17) is 0 Å². The van der Waals surface area contributed by atoms with E-state index >= 15 is 0 Å². The molecule has 0 radical (unpaired) electrons. The smallest absolute Gasteiger partial charge is 0.273 e. The molecule has 1 amide bonds. The van der Waals surface area contributed by atoms with Crippen molar-refractivity contribution in [1.82, 2.24) is 19.9 Å². The number of hydrogen-bond acceptors (Lipinski definition) is 4. The number of amides is 1. The van der Waals surface area contributed by atoms with Crippen molar-refractivity contribution >= 4 is 22.5 Å². The quantitative estimate of drug-likeness (QED) is 0.787. The van der Waals surface area contributed by atoms with Crippen LogP contribution in [-0.4, -0.2) is 46.4 Å². The van der Waals surface area contributed by atoms with Gasteiger partial charge in [-0.15, -0.1) is 0 Å². The summed E-state index contributed by atoms with van der Waals surface area (Å²) in [6.07, 6.45) is 6.59. The van der Waals surface area contributed by atoms with Crippen molar-refractivity contribution in [3.8, 4) is 0 Å². The topological polar surface area (TPSA) is 65.1 Å². The van der Waals surface area contributed by atoms with Crippen molar-refractivity contribution in [2.24, 2.45) is 0 Å². The Bertz CT molecular complexity index is 919. The molecule has 6 nitrogen and oxygen atoms in total. The molecule has 1 saturated heterocycles. The Morgan fingerprint density at radius 2 is 2.12 bits per heavy atom. The third-order valence-corrected chi connectivity index (χ3v) is 4.99. The number of likely N-dealkylation sites (tertiary alicyclic amines) is 1. The number of rotatable bonds is 3. The van der Waals surface area contributed by atoms with Gasteiger partial charge in [0.2, 0.25) is 0 Å². The molecule has 1 N–H and O–H groups in total. The van der Waals surface area contributed by atoms with Crippen LogP contribution in [0.1, 0.15) is 41.6 Å². The molecule has 4 rings (SSSR count). The third-order valence-electron chi connectivity index (χ3n) is 4.99. The van der Waals surface area contributed by atoms with Crippen LogP contribution in [0.3, 0.4) is 0 Å². The van der Waals surface area contributed by atoms with Crippen LogP contribution in [0.4, 0.5) is 5.69 Å². The van der Waals surface area contributed by atoms with Crippen molar-refractivity contribution in [3.05, 3.63) is 54.2 Å². The molecule has 1 fully saturated rings. The van der Waals surface area contributed by atoms with E-state index in [1.807, 2.05) is 60.4 Å². The van der Waals surface area contributed by atoms with E-state index in [0.29, 0.717) is 5.69 Å². The highest BCUT2D eigenvalue weighted by Gasteiger charge is 2.31. The van der Waals surface area contributed by atoms with Crippen LogP contribution in [-0.2, 0) is 0 Å². The van der Waals surface area contributed by atoms with Gasteiger partial charge in [0.25, 0.3) is 5.91 Å². The SMILES string of the molecule is CN(C)c1cc(C(=O)N2CCCC[C@@H]2c2ncc[nH]2)nc2ccccc12. The van der Waals surface area contributed by atoms with Crippen molar-refractivity contribution in [2.75, 3.05) is 25.5 Å². The van der Waals surface area contributed by atoms with Gasteiger partial charge in [-0.05, 0) is 31.4 Å². The fraction of sp³-hybridized carbons (Fsp3) is 0.350. The summed E-state index contributed by atoms with van der Waals surface area (Å²) in [6, 6.07) is 9.84. The maximum atomic E-state index is 13.3. The number of nitrogens with zero attached hydrogens (tertiary/aromatic N) is 4. The molecule has 3 aromatic rings. The third kappa shape index (κ3) is 2.92. The fourth-order valence-electron chi connectivity index (χ4n) is 3.70. The molecular weight excluding hydrogens is 326 g/mol. The summed E-state index contributed by atoms with van der Waals surface area (Å²) >= 11 is 0. The minimum Gasteiger partial charge on any atom is -0.377 e. The molecule has 0 aliphatic carbocycles. The summed E-state index contributed by atoms with van der Waals surface area (Å²) in [7, 11) is 3.98. The molecule has 1 aliphatic rings. The Morgan fingerprint density at radius 3 is 2.88 bits per heavy atom. The molecule has 1 aliphatic heterocycles. The van der Waals surface area contributed by atoms with Crippen LogP contribution in [0.2, 0.25) is 0 Å². The van der Waals surface area contributed by atoms with Gasteiger partial charge in [-0.3, -0.25) is 4.79 Å². The minimum absolute atomic E-state index is 0.0117. The molecule has 0 bridgehead atoms. The highest BCUT2D eigenvalue weighted by molar-refractivity contribution is 6.00. The minimum atomic E-state index is -0.0278. The van der Waals surface area contributed by atoms with Crippen molar-refractivity contribution < 1.29 is 4.79 Å². The number of nitrogens with one attached hydrogen (secondary N) is 1. The van der Waals surface area contributed by atoms with E-state index in [2.05, 4.69) is 15.0 Å². The van der Waals surface area contributed by atoms with Crippen molar-refractivity contribution in [1.29, 1.82) is 0 Å². The van der Waals surface area contributed by atoms with Crippen molar-refractivity contribution in [2.45, 2.75) is 25.3 Å². The lowest BCUT2D eigenvalue weighted by Gasteiger charge is -2.34. The van der Waals surface area contributed by atoms with Gasteiger partial charge in [0.15, 0.2) is 0 Å². The van der Waals surface area contributed by atoms with Crippen LogP contribution in [0.5, 0.6) is 0 Å². The maximum absolute atomic E-state index is 13.3. The van der Waals surface area contributed by atoms with Gasteiger partial charge < -0.3 is 14.8 Å². The molecule has 1 atom stereocenters. The van der Waals surface area contributed by atoms with E-state index in [9.17, 15) is 4.79 Å². The molecule has 134 valence electrons. The summed E-state index contributed by atoms with van der Waals surface area (Å²) in [5, 5.41) is 1.05. The first-order valence-electron chi connectivity index (χ1n) is 9.02. The first kappa shape index (κ1) is 16.6. The Morgan fingerprint density at radius 1 is 1.27 bits per heavy atom. The number of para-hydroxylation sites is 1. The summed E-state index contributed by atoms with van der Waals surface area (Å²) in [4.78, 5) is 29.5. The van der Waals surface area contributed by atoms with Gasteiger partial charge in [0.1, 0.15) is 11.5 Å². The molecule has 0 unspecified atom stereocenters. The second-order valence-corrected chi connectivity index (χ2v) is 6.92. The number of H-pyrrole nitrogens is 1. The lowest BCUT2D eigenvalue weighted by atomic mass is 10.0. The zero-order chi connectivity index (χ0) is 18.1. The lowest BCUT2D eigenvalue weighted by Crippen LogP contribution is -2.39. The lowest BCUT2D eigenvalue weighted by molar-refractivity contribution is 0.0595. The molecule has 6 heteroatoms. The van der Waals surface area contributed by atoms with Gasteiger partial charge in [-0.1, -0.05) is 18.2 Å². The van der Waals surface area contributed by atoms with Crippen LogP contribution in [0, 0.1) is 0 Å². The number of pyridine rings is 1. The average molecular weight is 349 g/mol. The molecular formula is C20H23N5O. The molecule has 1 aromatic carbocycles. The Hall–Kier alpha value is -2.89. The summed E-state index contributed by atoms with van der Waals surface area (Å²) in [5.41, 5.74) is 2.34. The Labute approximate surface area is 152 Å². The average Bonchev–Trinajstić information content (AvgIpc) is 3.21. The Balaban J connectivity index is 1.75. The molecule has 0 saturated carbocycles. The van der Waals surface area contributed by atoms with Crippen LogP contribution >= 0.6 is 0 Å². The highest BCUT2D eigenvalue weighted by atomic mass is 16.2. The first-order valence-corrected chi connectivity index (χ1v) is 9.02. The number of carbonyl (C=O) groups excluding carboxylic acids is 1. The number of anilines is 1. The predicted molar refractivity (Wildman–Crippen MR) is 102 cm³/mol. The highest BCUT2D eigenvalue weighted by Crippen LogP contribution is 2.31. The molecule has 0 spiro atoms. The summed E-state index contributed by atoms with van der Waals surface area (Å²) in [5.74, 6) is 0.826. The number of piperidine rings is 1. The number of fused-ring (bicyclic) bond motifs is 1. The largest absolute Gasteiger partial charge is 0.377 e. The summed E-state index contributed by atoms with van der Waals surface area (Å²) in [6.45, 7) is 0.732. The number of benzene rings is 1. The number of aromatic nitrogens is 3. The van der Waals surface area contributed by atoms with Crippen LogP contribution in [0.25, 0.3) is 10.9 Å². The standard InChI is InChI=1S/C20H23N5O/c1-24(2)18-13-16(23-15-8-4-3-7-14(15)18)20(26)25-12-6-5-9-17(25)19-21-10-11-22-19/h3-4,7-8,10-11,13,17H,5-6,9,12H2,1-2H3,(H,21,22)/t17-/m1/s1. The normalized spacial score (nSPS) is 17.5. The maximum Gasteiger partial charge on any atom is 0.273 e. The van der Waals surface area contributed by atoms with Crippen LogP contribution < -0.4 is 4.90 Å². The predicted octanol–water partition coefficient (Wildman–Crippen LogP) is 3.39. The first-order chi connectivity index (χ1) is 12.6.